The van der Waals surface area contributed by atoms with Crippen molar-refractivity contribution >= 4 is 27.3 Å². The highest BCUT2D eigenvalue weighted by molar-refractivity contribution is 9.11. The molecule has 0 fully saturated rings. The van der Waals surface area contributed by atoms with E-state index in [-0.39, 0.29) is 0 Å². The first kappa shape index (κ1) is 11.6. The molecule has 0 saturated carbocycles. The summed E-state index contributed by atoms with van der Waals surface area (Å²) < 4.78 is 11.6. The maximum absolute atomic E-state index is 5.48. The van der Waals surface area contributed by atoms with Crippen molar-refractivity contribution in [1.82, 2.24) is 10.1 Å². The first-order chi connectivity index (χ1) is 8.76. The highest BCUT2D eigenvalue weighted by Crippen LogP contribution is 2.31. The summed E-state index contributed by atoms with van der Waals surface area (Å²) in [4.78, 5) is 5.22. The first-order valence-electron chi connectivity index (χ1n) is 5.15. The maximum Gasteiger partial charge on any atom is 0.293 e. The fraction of sp³-hybridized carbons (Fsp3) is 0.0909. The third-order valence-corrected chi connectivity index (χ3v) is 3.91. The average molecular weight is 326 g/mol. The lowest BCUT2D eigenvalue weighted by molar-refractivity contribution is 0.412. The molecule has 0 spiro atoms. The van der Waals surface area contributed by atoms with Crippen LogP contribution in [0.3, 0.4) is 0 Å². The van der Waals surface area contributed by atoms with Gasteiger partial charge in [-0.3, -0.25) is 0 Å². The van der Waals surface area contributed by atoms with Crippen LogP contribution in [0.5, 0.6) is 0 Å². The summed E-state index contributed by atoms with van der Waals surface area (Å²) in [6.45, 7) is 0.346. The monoisotopic (exact) mass is 325 g/mol. The third-order valence-electron chi connectivity index (χ3n) is 2.29. The molecule has 3 heterocycles. The zero-order chi connectivity index (χ0) is 12.5. The second-order valence-electron chi connectivity index (χ2n) is 3.50. The van der Waals surface area contributed by atoms with Crippen LogP contribution in [0.25, 0.3) is 22.4 Å². The van der Waals surface area contributed by atoms with Crippen LogP contribution in [0.4, 0.5) is 0 Å². The third kappa shape index (κ3) is 2.12. The van der Waals surface area contributed by atoms with Crippen molar-refractivity contribution < 1.29 is 8.94 Å². The van der Waals surface area contributed by atoms with E-state index in [2.05, 4.69) is 26.1 Å². The Morgan fingerprint density at radius 1 is 1.28 bits per heavy atom. The Morgan fingerprint density at radius 3 is 2.83 bits per heavy atom. The summed E-state index contributed by atoms with van der Waals surface area (Å²) in [7, 11) is 0. The summed E-state index contributed by atoms with van der Waals surface area (Å²) in [5, 5.41) is 3.92. The van der Waals surface area contributed by atoms with E-state index in [0.29, 0.717) is 29.8 Å². The van der Waals surface area contributed by atoms with Crippen molar-refractivity contribution in [1.29, 1.82) is 0 Å². The van der Waals surface area contributed by atoms with Gasteiger partial charge in [-0.1, -0.05) is 5.16 Å². The Bertz CT molecular complexity index is 673. The second-order valence-corrected chi connectivity index (χ2v) is 5.96. The Labute approximate surface area is 115 Å². The van der Waals surface area contributed by atoms with Gasteiger partial charge in [0.15, 0.2) is 5.76 Å². The van der Waals surface area contributed by atoms with Gasteiger partial charge in [-0.25, -0.2) is 0 Å². The quantitative estimate of drug-likeness (QED) is 0.799. The van der Waals surface area contributed by atoms with Crippen molar-refractivity contribution in [2.45, 2.75) is 6.54 Å². The molecule has 0 amide bonds. The van der Waals surface area contributed by atoms with Gasteiger partial charge in [0.1, 0.15) is 5.76 Å². The van der Waals surface area contributed by atoms with Crippen molar-refractivity contribution in [2.75, 3.05) is 0 Å². The molecule has 0 aliphatic carbocycles. The Balaban J connectivity index is 1.93. The molecule has 92 valence electrons. The van der Waals surface area contributed by atoms with Crippen LogP contribution in [-0.2, 0) is 6.54 Å². The lowest BCUT2D eigenvalue weighted by Crippen LogP contribution is -1.92. The van der Waals surface area contributed by atoms with Gasteiger partial charge in [0, 0.05) is 0 Å². The Hall–Kier alpha value is -1.44. The fourth-order valence-corrected chi connectivity index (χ4v) is 2.77. The van der Waals surface area contributed by atoms with E-state index in [1.165, 1.54) is 0 Å². The SMILES string of the molecule is NCc1ccc(-c2nc(-c3ccc(Br)s3)no2)o1. The van der Waals surface area contributed by atoms with Gasteiger partial charge in [0.2, 0.25) is 5.82 Å². The molecule has 0 aliphatic heterocycles. The number of aromatic nitrogens is 2. The van der Waals surface area contributed by atoms with Crippen LogP contribution in [-0.4, -0.2) is 10.1 Å². The molecule has 0 radical (unpaired) electrons. The molecule has 18 heavy (non-hydrogen) atoms. The van der Waals surface area contributed by atoms with Gasteiger partial charge in [-0.05, 0) is 40.2 Å². The Kier molecular flexibility index (Phi) is 3.02. The van der Waals surface area contributed by atoms with Crippen molar-refractivity contribution in [3.05, 3.63) is 33.8 Å². The van der Waals surface area contributed by atoms with Crippen LogP contribution >= 0.6 is 27.3 Å². The average Bonchev–Trinajstić information content (AvgIpc) is 3.07. The van der Waals surface area contributed by atoms with Crippen molar-refractivity contribution in [3.63, 3.8) is 0 Å². The molecule has 3 aromatic heterocycles. The Morgan fingerprint density at radius 2 is 2.17 bits per heavy atom. The van der Waals surface area contributed by atoms with E-state index < -0.39 is 0 Å². The number of thiophene rings is 1. The highest BCUT2D eigenvalue weighted by atomic mass is 79.9. The first-order valence-corrected chi connectivity index (χ1v) is 6.76. The number of nitrogens with zero attached hydrogens (tertiary/aromatic N) is 2. The molecular formula is C11H8BrN3O2S. The molecule has 3 rings (SSSR count). The van der Waals surface area contributed by atoms with Crippen LogP contribution in [0.15, 0.2) is 37.0 Å². The summed E-state index contributed by atoms with van der Waals surface area (Å²) in [5.41, 5.74) is 5.48. The molecular weight excluding hydrogens is 318 g/mol. The van der Waals surface area contributed by atoms with Gasteiger partial charge in [0.05, 0.1) is 15.2 Å². The lowest BCUT2D eigenvalue weighted by Gasteiger charge is -1.87. The molecule has 0 aliphatic rings. The van der Waals surface area contributed by atoms with Crippen molar-refractivity contribution in [3.8, 4) is 22.4 Å². The van der Waals surface area contributed by atoms with Crippen molar-refractivity contribution in [2.24, 2.45) is 5.73 Å². The summed E-state index contributed by atoms with van der Waals surface area (Å²) in [6.07, 6.45) is 0. The largest absolute Gasteiger partial charge is 0.455 e. The van der Waals surface area contributed by atoms with E-state index >= 15 is 0 Å². The van der Waals surface area contributed by atoms with Gasteiger partial charge in [-0.15, -0.1) is 11.3 Å². The minimum absolute atomic E-state index is 0.346. The molecule has 0 aromatic carbocycles. The lowest BCUT2D eigenvalue weighted by atomic mass is 10.4. The number of nitrogens with two attached hydrogens (primary N) is 1. The number of halogens is 1. The molecule has 7 heteroatoms. The summed E-state index contributed by atoms with van der Waals surface area (Å²) >= 11 is 4.93. The predicted molar refractivity (Wildman–Crippen MR) is 70.9 cm³/mol. The maximum atomic E-state index is 5.48. The molecule has 5 nitrogen and oxygen atoms in total. The van der Waals surface area contributed by atoms with E-state index in [1.54, 1.807) is 23.5 Å². The van der Waals surface area contributed by atoms with Crippen LogP contribution in [0.2, 0.25) is 0 Å². The summed E-state index contributed by atoms with van der Waals surface area (Å²) in [5.74, 6) is 2.12. The second kappa shape index (κ2) is 4.68. The number of furan rings is 1. The zero-order valence-electron chi connectivity index (χ0n) is 9.09. The minimum Gasteiger partial charge on any atom is -0.455 e. The smallest absolute Gasteiger partial charge is 0.293 e. The van der Waals surface area contributed by atoms with Crippen LogP contribution < -0.4 is 5.73 Å². The number of rotatable bonds is 3. The van der Waals surface area contributed by atoms with Gasteiger partial charge < -0.3 is 14.7 Å². The predicted octanol–water partition coefficient (Wildman–Crippen LogP) is 3.28. The van der Waals surface area contributed by atoms with E-state index in [9.17, 15) is 0 Å². The number of hydrogen-bond acceptors (Lipinski definition) is 6. The van der Waals surface area contributed by atoms with Gasteiger partial charge in [-0.2, -0.15) is 4.98 Å². The molecule has 3 aromatic rings. The van der Waals surface area contributed by atoms with Gasteiger partial charge in [0.25, 0.3) is 5.89 Å². The van der Waals surface area contributed by atoms with E-state index in [1.807, 2.05) is 12.1 Å². The molecule has 0 atom stereocenters. The normalized spacial score (nSPS) is 11.0. The molecule has 0 bridgehead atoms. The van der Waals surface area contributed by atoms with Gasteiger partial charge >= 0.3 is 0 Å². The van der Waals surface area contributed by atoms with E-state index in [4.69, 9.17) is 14.7 Å². The standard InChI is InChI=1S/C11H8BrN3O2S/c12-9-4-3-8(18-9)10-14-11(17-15-10)7-2-1-6(5-13)16-7/h1-4H,5,13H2. The number of hydrogen-bond donors (Lipinski definition) is 1. The zero-order valence-corrected chi connectivity index (χ0v) is 11.5. The molecule has 0 saturated heterocycles. The van der Waals surface area contributed by atoms with E-state index in [0.717, 1.165) is 8.66 Å². The minimum atomic E-state index is 0.346. The molecule has 0 unspecified atom stereocenters. The topological polar surface area (TPSA) is 78.1 Å². The van der Waals surface area contributed by atoms with Crippen LogP contribution in [0, 0.1) is 0 Å². The van der Waals surface area contributed by atoms with Crippen LogP contribution in [0.1, 0.15) is 5.76 Å². The molecule has 2 N–H and O–H groups in total. The fourth-order valence-electron chi connectivity index (χ4n) is 1.46. The highest BCUT2D eigenvalue weighted by Gasteiger charge is 2.14. The summed E-state index contributed by atoms with van der Waals surface area (Å²) in [6, 6.07) is 7.43.